The van der Waals surface area contributed by atoms with E-state index in [1.807, 2.05) is 24.3 Å². The highest BCUT2D eigenvalue weighted by molar-refractivity contribution is 6.36. The fourth-order valence-electron chi connectivity index (χ4n) is 3.67. The van der Waals surface area contributed by atoms with Gasteiger partial charge in [0.25, 0.3) is 11.1 Å². The largest absolute Gasteiger partial charge is 0.365 e. The third-order valence-electron chi connectivity index (χ3n) is 5.89. The van der Waals surface area contributed by atoms with Crippen LogP contribution >= 0.6 is 34.8 Å². The van der Waals surface area contributed by atoms with E-state index in [0.717, 1.165) is 11.1 Å². The number of nitrogens with zero attached hydrogens (tertiary/aromatic N) is 8. The van der Waals surface area contributed by atoms with E-state index in [4.69, 9.17) is 40.5 Å². The first-order chi connectivity index (χ1) is 20.7. The fraction of sp³-hybridized carbons (Fsp3) is 0.143. The standard InChI is InChI=1S/C14H12ClN5O.C8H5Cl2N3O.C6H8N2/c1-20-8-18-10-6-11(15)19-13(12(10)14(20)21)17-7-9-2-4-16-5-3-9;1-13-3-11-4-2-5(9)12-7(10)6(4)8(13)14;7-5-6-1-3-8-4-2-6/h2-6,8H,7H2,1H3,(H,17,19);2-3H,1H3;1-4H,5,7H2. The van der Waals surface area contributed by atoms with Gasteiger partial charge in [-0.15, -0.1) is 0 Å². The van der Waals surface area contributed by atoms with E-state index < -0.39 is 0 Å². The first kappa shape index (κ1) is 31.4. The number of hydrogen-bond acceptors (Lipinski definition) is 10. The quantitative estimate of drug-likeness (QED) is 0.268. The van der Waals surface area contributed by atoms with Crippen LogP contribution in [0.1, 0.15) is 11.1 Å². The molecule has 0 aliphatic heterocycles. The monoisotopic (exact) mass is 638 g/mol. The molecule has 6 aromatic rings. The molecule has 6 heterocycles. The topological polar surface area (TPSA) is 159 Å². The van der Waals surface area contributed by atoms with Crippen LogP contribution in [0.2, 0.25) is 15.5 Å². The molecule has 12 nitrogen and oxygen atoms in total. The number of aryl methyl sites for hydroxylation is 2. The first-order valence-corrected chi connectivity index (χ1v) is 13.7. The van der Waals surface area contributed by atoms with Crippen LogP contribution in [-0.4, -0.2) is 39.0 Å². The molecule has 0 aromatic carbocycles. The van der Waals surface area contributed by atoms with Gasteiger partial charge < -0.3 is 20.2 Å². The van der Waals surface area contributed by atoms with Gasteiger partial charge in [0.15, 0.2) is 0 Å². The molecule has 0 fully saturated rings. The van der Waals surface area contributed by atoms with Crippen molar-refractivity contribution in [2.75, 3.05) is 5.32 Å². The minimum Gasteiger partial charge on any atom is -0.365 e. The Bertz CT molecular complexity index is 1970. The van der Waals surface area contributed by atoms with Gasteiger partial charge in [-0.3, -0.25) is 19.6 Å². The number of anilines is 1. The number of nitrogens with one attached hydrogen (secondary N) is 1. The molecule has 3 N–H and O–H groups in total. The lowest BCUT2D eigenvalue weighted by Gasteiger charge is -2.09. The highest BCUT2D eigenvalue weighted by Crippen LogP contribution is 2.21. The predicted octanol–water partition coefficient (Wildman–Crippen LogP) is 4.16. The summed E-state index contributed by atoms with van der Waals surface area (Å²) < 4.78 is 2.75. The molecule has 0 saturated heterocycles. The van der Waals surface area contributed by atoms with E-state index in [-0.39, 0.29) is 21.4 Å². The maximum atomic E-state index is 12.3. The normalized spacial score (nSPS) is 10.5. The van der Waals surface area contributed by atoms with Gasteiger partial charge in [0.05, 0.1) is 23.7 Å². The van der Waals surface area contributed by atoms with Gasteiger partial charge in [-0.25, -0.2) is 19.9 Å². The second kappa shape index (κ2) is 14.6. The van der Waals surface area contributed by atoms with Crippen molar-refractivity contribution in [2.24, 2.45) is 19.8 Å². The summed E-state index contributed by atoms with van der Waals surface area (Å²) in [6.45, 7) is 1.12. The molecule has 0 atom stereocenters. The summed E-state index contributed by atoms with van der Waals surface area (Å²) in [4.78, 5) is 47.9. The Morgan fingerprint density at radius 3 is 1.77 bits per heavy atom. The Morgan fingerprint density at radius 2 is 1.23 bits per heavy atom. The highest BCUT2D eigenvalue weighted by Gasteiger charge is 2.11. The molecule has 0 amide bonds. The molecule has 15 heteroatoms. The fourth-order valence-corrected chi connectivity index (χ4v) is 4.36. The number of halogens is 3. The van der Waals surface area contributed by atoms with E-state index in [9.17, 15) is 9.59 Å². The van der Waals surface area contributed by atoms with Crippen LogP contribution in [0.15, 0.2) is 83.4 Å². The van der Waals surface area contributed by atoms with Gasteiger partial charge in [0, 0.05) is 64.1 Å². The molecular formula is C28H25Cl3N10O2. The minimum atomic E-state index is -0.232. The van der Waals surface area contributed by atoms with Crippen LogP contribution in [0, 0.1) is 0 Å². The minimum absolute atomic E-state index is 0.0844. The average Bonchev–Trinajstić information content (AvgIpc) is 3.01. The van der Waals surface area contributed by atoms with Crippen LogP contribution in [0.4, 0.5) is 5.82 Å². The van der Waals surface area contributed by atoms with E-state index in [1.165, 1.54) is 27.9 Å². The molecule has 220 valence electrons. The molecule has 0 radical (unpaired) electrons. The molecule has 0 aliphatic rings. The number of aromatic nitrogens is 8. The van der Waals surface area contributed by atoms with Crippen molar-refractivity contribution in [3.05, 3.63) is 121 Å². The molecule has 0 aliphatic carbocycles. The van der Waals surface area contributed by atoms with Gasteiger partial charge in [0.2, 0.25) is 0 Å². The molecule has 6 aromatic heterocycles. The summed E-state index contributed by atoms with van der Waals surface area (Å²) in [6, 6.07) is 10.7. The summed E-state index contributed by atoms with van der Waals surface area (Å²) in [5.74, 6) is 0.433. The van der Waals surface area contributed by atoms with Crippen molar-refractivity contribution in [1.82, 2.24) is 39.0 Å². The van der Waals surface area contributed by atoms with Gasteiger partial charge in [-0.1, -0.05) is 34.8 Å². The smallest absolute Gasteiger partial charge is 0.264 e. The van der Waals surface area contributed by atoms with E-state index in [2.05, 4.69) is 35.2 Å². The SMILES string of the molecule is Cn1cnc2cc(Cl)nc(Cl)c2c1=O.Cn1cnc2cc(Cl)nc(NCc3ccncc3)c2c1=O.NCc1ccncc1. The van der Waals surface area contributed by atoms with Crippen molar-refractivity contribution in [3.8, 4) is 0 Å². The Kier molecular flexibility index (Phi) is 10.7. The van der Waals surface area contributed by atoms with Gasteiger partial charge >= 0.3 is 0 Å². The Morgan fingerprint density at radius 1 is 0.744 bits per heavy atom. The van der Waals surface area contributed by atoms with Crippen LogP contribution in [-0.2, 0) is 27.2 Å². The lowest BCUT2D eigenvalue weighted by Crippen LogP contribution is -2.19. The lowest BCUT2D eigenvalue weighted by molar-refractivity contribution is 0.842. The van der Waals surface area contributed by atoms with Crippen LogP contribution in [0.5, 0.6) is 0 Å². The number of rotatable bonds is 4. The molecule has 0 spiro atoms. The van der Waals surface area contributed by atoms with Gasteiger partial charge in [-0.05, 0) is 35.4 Å². The number of nitrogens with two attached hydrogens (primary N) is 1. The van der Waals surface area contributed by atoms with E-state index >= 15 is 0 Å². The maximum absolute atomic E-state index is 12.3. The Balaban J connectivity index is 0.000000165. The third-order valence-corrected chi connectivity index (χ3v) is 6.55. The van der Waals surface area contributed by atoms with Crippen molar-refractivity contribution in [3.63, 3.8) is 0 Å². The summed E-state index contributed by atoms with van der Waals surface area (Å²) >= 11 is 17.5. The molecule has 43 heavy (non-hydrogen) atoms. The Labute approximate surface area is 260 Å². The summed E-state index contributed by atoms with van der Waals surface area (Å²) in [5, 5.41) is 4.46. The van der Waals surface area contributed by atoms with Crippen LogP contribution in [0.3, 0.4) is 0 Å². The molecular weight excluding hydrogens is 615 g/mol. The second-order valence-corrected chi connectivity index (χ2v) is 10.0. The zero-order chi connectivity index (χ0) is 30.9. The number of pyridine rings is 4. The lowest BCUT2D eigenvalue weighted by atomic mass is 10.2. The van der Waals surface area contributed by atoms with Gasteiger partial charge in [0.1, 0.15) is 32.0 Å². The first-order valence-electron chi connectivity index (χ1n) is 12.6. The van der Waals surface area contributed by atoms with Crippen LogP contribution < -0.4 is 22.2 Å². The maximum Gasteiger partial charge on any atom is 0.264 e. The van der Waals surface area contributed by atoms with Crippen molar-refractivity contribution in [2.45, 2.75) is 13.1 Å². The van der Waals surface area contributed by atoms with Crippen molar-refractivity contribution in [1.29, 1.82) is 0 Å². The van der Waals surface area contributed by atoms with E-state index in [1.54, 1.807) is 44.9 Å². The van der Waals surface area contributed by atoms with Crippen LogP contribution in [0.25, 0.3) is 21.8 Å². The molecule has 0 bridgehead atoms. The second-order valence-electron chi connectivity index (χ2n) is 8.91. The number of hydrogen-bond donors (Lipinski definition) is 2. The predicted molar refractivity (Wildman–Crippen MR) is 168 cm³/mol. The molecule has 0 unspecified atom stereocenters. The van der Waals surface area contributed by atoms with E-state index in [0.29, 0.717) is 45.9 Å². The third kappa shape index (κ3) is 8.08. The summed E-state index contributed by atoms with van der Waals surface area (Å²) in [7, 11) is 3.25. The average molecular weight is 640 g/mol. The van der Waals surface area contributed by atoms with Gasteiger partial charge in [-0.2, -0.15) is 0 Å². The molecule has 6 rings (SSSR count). The number of fused-ring (bicyclic) bond motifs is 2. The zero-order valence-electron chi connectivity index (χ0n) is 22.9. The summed E-state index contributed by atoms with van der Waals surface area (Å²) in [5.41, 5.74) is 8.06. The summed E-state index contributed by atoms with van der Waals surface area (Å²) in [6.07, 6.45) is 9.78. The Hall–Kier alpha value is -4.49. The highest BCUT2D eigenvalue weighted by atomic mass is 35.5. The zero-order valence-corrected chi connectivity index (χ0v) is 25.2. The molecule has 0 saturated carbocycles. The van der Waals surface area contributed by atoms with Crippen molar-refractivity contribution >= 4 is 62.4 Å². The van der Waals surface area contributed by atoms with Crippen molar-refractivity contribution < 1.29 is 0 Å².